The Bertz CT molecular complexity index is 3070. The van der Waals surface area contributed by atoms with E-state index >= 15 is 0 Å². The Morgan fingerprint density at radius 3 is 1.23 bits per heavy atom. The van der Waals surface area contributed by atoms with Gasteiger partial charge < -0.3 is 9.80 Å². The zero-order chi connectivity index (χ0) is 43.7. The van der Waals surface area contributed by atoms with Gasteiger partial charge in [-0.1, -0.05) is 189 Å². The first-order chi connectivity index (χ1) is 31.2. The molecular formula is C61H51BN2. The van der Waals surface area contributed by atoms with Crippen LogP contribution >= 0.6 is 0 Å². The molecule has 0 amide bonds. The third-order valence-corrected chi connectivity index (χ3v) is 13.8. The lowest BCUT2D eigenvalue weighted by Crippen LogP contribution is -2.61. The highest BCUT2D eigenvalue weighted by molar-refractivity contribution is 7.00. The van der Waals surface area contributed by atoms with Gasteiger partial charge in [0.05, 0.1) is 11.4 Å². The molecule has 0 N–H and O–H groups in total. The molecule has 0 fully saturated rings. The molecule has 0 saturated heterocycles. The van der Waals surface area contributed by atoms with Crippen LogP contribution in [-0.2, 0) is 5.41 Å². The van der Waals surface area contributed by atoms with E-state index in [2.05, 4.69) is 252 Å². The topological polar surface area (TPSA) is 6.48 Å². The zero-order valence-electron chi connectivity index (χ0n) is 37.5. The molecule has 2 nitrogen and oxygen atoms in total. The summed E-state index contributed by atoms with van der Waals surface area (Å²) in [5, 5.41) is 0. The van der Waals surface area contributed by atoms with E-state index in [-0.39, 0.29) is 6.71 Å². The lowest BCUT2D eigenvalue weighted by molar-refractivity contribution is 0.643. The number of rotatable bonds is 7. The third kappa shape index (κ3) is 6.33. The van der Waals surface area contributed by atoms with Gasteiger partial charge in [-0.15, -0.1) is 0 Å². The largest absolute Gasteiger partial charge is 0.311 e. The minimum atomic E-state index is -0.409. The first kappa shape index (κ1) is 39.5. The zero-order valence-corrected chi connectivity index (χ0v) is 37.5. The van der Waals surface area contributed by atoms with E-state index in [1.54, 1.807) is 0 Å². The summed E-state index contributed by atoms with van der Waals surface area (Å²) in [6, 6.07) is 74.7. The number of fused-ring (bicyclic) bond motifs is 4. The first-order valence-electron chi connectivity index (χ1n) is 22.6. The van der Waals surface area contributed by atoms with Crippen LogP contribution in [0.15, 0.2) is 200 Å². The predicted molar refractivity (Wildman–Crippen MR) is 274 cm³/mol. The van der Waals surface area contributed by atoms with E-state index in [0.717, 1.165) is 0 Å². The molecule has 64 heavy (non-hydrogen) atoms. The Morgan fingerprint density at radius 1 is 0.375 bits per heavy atom. The molecule has 2 aliphatic rings. The van der Waals surface area contributed by atoms with Gasteiger partial charge in [0.2, 0.25) is 0 Å². The summed E-state index contributed by atoms with van der Waals surface area (Å²) in [4.78, 5) is 5.24. The lowest BCUT2D eigenvalue weighted by Gasteiger charge is -2.46. The normalized spacial score (nSPS) is 12.8. The van der Waals surface area contributed by atoms with Gasteiger partial charge in [0, 0.05) is 39.3 Å². The molecule has 0 unspecified atom stereocenters. The maximum absolute atomic E-state index is 2.62. The number of para-hydroxylation sites is 2. The van der Waals surface area contributed by atoms with Crippen LogP contribution in [0.5, 0.6) is 0 Å². The van der Waals surface area contributed by atoms with E-state index in [1.165, 1.54) is 117 Å². The predicted octanol–water partition coefficient (Wildman–Crippen LogP) is 14.3. The second kappa shape index (κ2) is 15.5. The molecule has 2 aliphatic heterocycles. The van der Waals surface area contributed by atoms with Crippen LogP contribution in [0, 0.1) is 27.7 Å². The fourth-order valence-corrected chi connectivity index (χ4v) is 11.0. The smallest absolute Gasteiger partial charge is 0.252 e. The van der Waals surface area contributed by atoms with Gasteiger partial charge in [-0.2, -0.15) is 0 Å². The summed E-state index contributed by atoms with van der Waals surface area (Å²) < 4.78 is 0. The average molecular weight is 823 g/mol. The third-order valence-electron chi connectivity index (χ3n) is 13.8. The molecule has 11 rings (SSSR count). The molecule has 0 bridgehead atoms. The molecule has 3 heteroatoms. The molecule has 0 aliphatic carbocycles. The Balaban J connectivity index is 1.29. The number of aryl methyl sites for hydroxylation is 4. The van der Waals surface area contributed by atoms with Crippen LogP contribution in [0.25, 0.3) is 33.4 Å². The van der Waals surface area contributed by atoms with Crippen molar-refractivity contribution in [3.05, 3.63) is 234 Å². The Labute approximate surface area is 379 Å². The number of hydrogen-bond donors (Lipinski definition) is 0. The number of anilines is 6. The van der Waals surface area contributed by atoms with Crippen LogP contribution in [0.3, 0.4) is 0 Å². The Kier molecular flexibility index (Phi) is 9.54. The summed E-state index contributed by atoms with van der Waals surface area (Å²) in [7, 11) is 0. The van der Waals surface area contributed by atoms with Crippen molar-refractivity contribution in [1.82, 2.24) is 0 Å². The van der Waals surface area contributed by atoms with Crippen LogP contribution in [0.4, 0.5) is 34.1 Å². The molecule has 0 radical (unpaired) electrons. The van der Waals surface area contributed by atoms with Gasteiger partial charge in [-0.05, 0) is 125 Å². The molecule has 0 aromatic heterocycles. The molecular weight excluding hydrogens is 771 g/mol. The molecule has 0 atom stereocenters. The van der Waals surface area contributed by atoms with E-state index in [0.29, 0.717) is 0 Å². The van der Waals surface area contributed by atoms with Crippen molar-refractivity contribution in [2.75, 3.05) is 9.80 Å². The quantitative estimate of drug-likeness (QED) is 0.148. The molecule has 0 saturated carbocycles. The van der Waals surface area contributed by atoms with Gasteiger partial charge in [0.15, 0.2) is 0 Å². The number of benzene rings is 9. The van der Waals surface area contributed by atoms with Gasteiger partial charge >= 0.3 is 0 Å². The highest BCUT2D eigenvalue weighted by Crippen LogP contribution is 2.52. The average Bonchev–Trinajstić information content (AvgIpc) is 3.32. The molecule has 0 spiro atoms. The first-order valence-corrected chi connectivity index (χ1v) is 22.6. The van der Waals surface area contributed by atoms with Crippen molar-refractivity contribution in [3.63, 3.8) is 0 Å². The van der Waals surface area contributed by atoms with Crippen LogP contribution in [0.2, 0.25) is 0 Å². The fourth-order valence-electron chi connectivity index (χ4n) is 11.0. The van der Waals surface area contributed by atoms with E-state index < -0.39 is 5.41 Å². The second-order valence-corrected chi connectivity index (χ2v) is 18.4. The minimum absolute atomic E-state index is 0.00975. The van der Waals surface area contributed by atoms with Crippen molar-refractivity contribution < 1.29 is 0 Å². The maximum atomic E-state index is 2.62. The van der Waals surface area contributed by atoms with Crippen molar-refractivity contribution in [1.29, 1.82) is 0 Å². The van der Waals surface area contributed by atoms with Crippen LogP contribution in [0.1, 0.15) is 47.2 Å². The highest BCUT2D eigenvalue weighted by atomic mass is 15.2. The molecule has 2 heterocycles. The summed E-state index contributed by atoms with van der Waals surface area (Å²) in [5.41, 5.74) is 25.7. The summed E-state index contributed by atoms with van der Waals surface area (Å²) in [6.45, 7) is 13.9. The van der Waals surface area contributed by atoms with Crippen LogP contribution < -0.4 is 26.2 Å². The Hall–Kier alpha value is -7.36. The number of hydrogen-bond acceptors (Lipinski definition) is 2. The van der Waals surface area contributed by atoms with Crippen molar-refractivity contribution >= 4 is 57.2 Å². The van der Waals surface area contributed by atoms with E-state index in [4.69, 9.17) is 0 Å². The van der Waals surface area contributed by atoms with Gasteiger partial charge in [-0.25, -0.2) is 0 Å². The number of nitrogens with zero attached hydrogens (tertiary/aromatic N) is 2. The minimum Gasteiger partial charge on any atom is -0.311 e. The highest BCUT2D eigenvalue weighted by Gasteiger charge is 2.45. The molecule has 308 valence electrons. The molecule has 9 aromatic rings. The summed E-state index contributed by atoms with van der Waals surface area (Å²) in [5.74, 6) is 0. The van der Waals surface area contributed by atoms with Gasteiger partial charge in [0.1, 0.15) is 0 Å². The van der Waals surface area contributed by atoms with E-state index in [1.807, 2.05) is 0 Å². The van der Waals surface area contributed by atoms with E-state index in [9.17, 15) is 0 Å². The van der Waals surface area contributed by atoms with Gasteiger partial charge in [0.25, 0.3) is 6.71 Å². The fraction of sp³-hybridized carbons (Fsp3) is 0.115. The van der Waals surface area contributed by atoms with Gasteiger partial charge in [-0.3, -0.25) is 0 Å². The van der Waals surface area contributed by atoms with Crippen LogP contribution in [-0.4, -0.2) is 6.71 Å². The van der Waals surface area contributed by atoms with Crippen molar-refractivity contribution in [2.24, 2.45) is 0 Å². The summed E-state index contributed by atoms with van der Waals surface area (Å²) in [6.07, 6.45) is 0. The lowest BCUT2D eigenvalue weighted by atomic mass is 9.33. The SMILES string of the molecule is Cc1cc(C)c(N2c3ccccc3B3c4ccccc4N(c4c(C)cc(C)cc4-c4ccccc4)c4cc(C(C)(C)c5ccccc5-c5ccccc5)cc2c43)c(-c2ccccc2)c1. The monoisotopic (exact) mass is 822 g/mol. The second-order valence-electron chi connectivity index (χ2n) is 18.4. The molecule has 9 aromatic carbocycles. The summed E-state index contributed by atoms with van der Waals surface area (Å²) >= 11 is 0. The maximum Gasteiger partial charge on any atom is 0.252 e. The van der Waals surface area contributed by atoms with Crippen molar-refractivity contribution in [3.8, 4) is 33.4 Å². The Morgan fingerprint density at radius 2 is 0.766 bits per heavy atom. The standard InChI is InChI=1S/C61H51BN2/c1-40-34-42(3)59(49(36-40)45-24-12-8-13-25-45)63-54-32-20-18-30-52(54)62-53-31-19-21-33-55(53)64(60-43(4)35-41(2)37-50(60)46-26-14-9-15-27-46)57-39-47(38-56(63)58(57)62)61(5,6)51-29-17-16-28-48(51)44-22-10-7-11-23-44/h7-39H,1-6H3. The van der Waals surface area contributed by atoms with Crippen molar-refractivity contribution in [2.45, 2.75) is 47.0 Å².